The van der Waals surface area contributed by atoms with Crippen molar-refractivity contribution in [2.75, 3.05) is 46.6 Å². The molecule has 0 bridgehead atoms. The van der Waals surface area contributed by atoms with Crippen molar-refractivity contribution in [2.24, 2.45) is 10.9 Å². The summed E-state index contributed by atoms with van der Waals surface area (Å²) in [5.41, 5.74) is 0. The SMILES string of the molecule is CCNC(=NCCCOC)NCCCOCC1CC1.I. The van der Waals surface area contributed by atoms with Crippen LogP contribution in [0.1, 0.15) is 32.6 Å². The van der Waals surface area contributed by atoms with Gasteiger partial charge in [0.15, 0.2) is 5.96 Å². The van der Waals surface area contributed by atoms with Crippen LogP contribution in [0, 0.1) is 5.92 Å². The molecule has 1 rings (SSSR count). The van der Waals surface area contributed by atoms with Crippen molar-refractivity contribution in [3.8, 4) is 0 Å². The molecule has 0 aromatic carbocycles. The normalized spacial score (nSPS) is 14.8. The van der Waals surface area contributed by atoms with E-state index in [0.717, 1.165) is 64.2 Å². The molecule has 0 heterocycles. The summed E-state index contributed by atoms with van der Waals surface area (Å²) in [6.45, 7) is 7.21. The highest BCUT2D eigenvalue weighted by atomic mass is 127. The molecule has 0 aromatic heterocycles. The van der Waals surface area contributed by atoms with Gasteiger partial charge >= 0.3 is 0 Å². The highest BCUT2D eigenvalue weighted by Crippen LogP contribution is 2.28. The van der Waals surface area contributed by atoms with Gasteiger partial charge in [-0.15, -0.1) is 24.0 Å². The minimum absolute atomic E-state index is 0. The lowest BCUT2D eigenvalue weighted by molar-refractivity contribution is 0.123. The van der Waals surface area contributed by atoms with Gasteiger partial charge in [-0.2, -0.15) is 0 Å². The summed E-state index contributed by atoms with van der Waals surface area (Å²) in [4.78, 5) is 4.48. The van der Waals surface area contributed by atoms with Crippen molar-refractivity contribution in [2.45, 2.75) is 32.6 Å². The number of ether oxygens (including phenoxy) is 2. The number of nitrogens with one attached hydrogen (secondary N) is 2. The lowest BCUT2D eigenvalue weighted by Gasteiger charge is -2.11. The summed E-state index contributed by atoms with van der Waals surface area (Å²) in [5, 5.41) is 6.56. The molecule has 0 amide bonds. The molecule has 1 aliphatic carbocycles. The predicted octanol–water partition coefficient (Wildman–Crippen LogP) is 2.01. The molecule has 1 fully saturated rings. The molecular formula is C14H30IN3O2. The Morgan fingerprint density at radius 1 is 1.20 bits per heavy atom. The van der Waals surface area contributed by atoms with Crippen LogP contribution in [0.15, 0.2) is 4.99 Å². The van der Waals surface area contributed by atoms with E-state index < -0.39 is 0 Å². The number of hydrogen-bond acceptors (Lipinski definition) is 3. The number of hydrogen-bond donors (Lipinski definition) is 2. The first-order chi connectivity index (χ1) is 9.36. The lowest BCUT2D eigenvalue weighted by Crippen LogP contribution is -2.38. The van der Waals surface area contributed by atoms with Crippen LogP contribution in [-0.2, 0) is 9.47 Å². The van der Waals surface area contributed by atoms with Gasteiger partial charge in [-0.1, -0.05) is 0 Å². The van der Waals surface area contributed by atoms with Crippen molar-refractivity contribution >= 4 is 29.9 Å². The Morgan fingerprint density at radius 2 is 2.00 bits per heavy atom. The fraction of sp³-hybridized carbons (Fsp3) is 0.929. The molecule has 120 valence electrons. The maximum absolute atomic E-state index is 5.60. The third kappa shape index (κ3) is 11.7. The van der Waals surface area contributed by atoms with Crippen LogP contribution in [-0.4, -0.2) is 52.5 Å². The standard InChI is InChI=1S/C14H29N3O2.HI/c1-3-15-14(16-8-4-10-18-2)17-9-5-11-19-12-13-6-7-13;/h13H,3-12H2,1-2H3,(H2,15,16,17);1H. The van der Waals surface area contributed by atoms with E-state index in [4.69, 9.17) is 9.47 Å². The lowest BCUT2D eigenvalue weighted by atomic mass is 10.4. The zero-order chi connectivity index (χ0) is 13.8. The molecule has 2 N–H and O–H groups in total. The average Bonchev–Trinajstić information content (AvgIpc) is 3.22. The first kappa shape index (κ1) is 19.9. The number of nitrogens with zero attached hydrogens (tertiary/aromatic N) is 1. The molecule has 0 saturated heterocycles. The van der Waals surface area contributed by atoms with Gasteiger partial charge in [0.2, 0.25) is 0 Å². The summed E-state index contributed by atoms with van der Waals surface area (Å²) in [7, 11) is 1.72. The van der Waals surface area contributed by atoms with Crippen molar-refractivity contribution < 1.29 is 9.47 Å². The van der Waals surface area contributed by atoms with E-state index in [1.165, 1.54) is 12.8 Å². The Morgan fingerprint density at radius 3 is 2.65 bits per heavy atom. The highest BCUT2D eigenvalue weighted by Gasteiger charge is 2.20. The summed E-state index contributed by atoms with van der Waals surface area (Å²) in [6, 6.07) is 0. The van der Waals surface area contributed by atoms with Gasteiger partial charge < -0.3 is 20.1 Å². The van der Waals surface area contributed by atoms with Gasteiger partial charge in [0.25, 0.3) is 0 Å². The Labute approximate surface area is 140 Å². The second kappa shape index (κ2) is 13.9. The molecule has 0 spiro atoms. The van der Waals surface area contributed by atoms with E-state index in [1.807, 2.05) is 0 Å². The molecule has 1 saturated carbocycles. The zero-order valence-corrected chi connectivity index (χ0v) is 15.2. The molecule has 0 aromatic rings. The Kier molecular flexibility index (Phi) is 13.8. The average molecular weight is 399 g/mol. The van der Waals surface area contributed by atoms with Crippen molar-refractivity contribution in [3.63, 3.8) is 0 Å². The Hall–Kier alpha value is -0.0800. The monoisotopic (exact) mass is 399 g/mol. The van der Waals surface area contributed by atoms with Crippen LogP contribution in [0.3, 0.4) is 0 Å². The predicted molar refractivity (Wildman–Crippen MR) is 94.0 cm³/mol. The summed E-state index contributed by atoms with van der Waals surface area (Å²) in [5.74, 6) is 1.74. The van der Waals surface area contributed by atoms with Crippen LogP contribution in [0.25, 0.3) is 0 Å². The van der Waals surface area contributed by atoms with E-state index in [1.54, 1.807) is 7.11 Å². The Bertz CT molecular complexity index is 249. The second-order valence-electron chi connectivity index (χ2n) is 4.91. The van der Waals surface area contributed by atoms with Crippen molar-refractivity contribution in [1.82, 2.24) is 10.6 Å². The van der Waals surface area contributed by atoms with Gasteiger partial charge in [-0.05, 0) is 38.5 Å². The van der Waals surface area contributed by atoms with Crippen LogP contribution in [0.2, 0.25) is 0 Å². The molecule has 6 heteroatoms. The number of halogens is 1. The minimum Gasteiger partial charge on any atom is -0.385 e. The summed E-state index contributed by atoms with van der Waals surface area (Å²) >= 11 is 0. The van der Waals surface area contributed by atoms with Gasteiger partial charge in [-0.25, -0.2) is 0 Å². The van der Waals surface area contributed by atoms with E-state index >= 15 is 0 Å². The van der Waals surface area contributed by atoms with Crippen molar-refractivity contribution in [1.29, 1.82) is 0 Å². The quantitative estimate of drug-likeness (QED) is 0.242. The van der Waals surface area contributed by atoms with E-state index in [-0.39, 0.29) is 24.0 Å². The van der Waals surface area contributed by atoms with E-state index in [9.17, 15) is 0 Å². The molecule has 1 aliphatic rings. The fourth-order valence-electron chi connectivity index (χ4n) is 1.66. The largest absolute Gasteiger partial charge is 0.385 e. The number of rotatable bonds is 11. The third-order valence-corrected chi connectivity index (χ3v) is 2.93. The number of aliphatic imine (C=N–C) groups is 1. The number of methoxy groups -OCH3 is 1. The molecular weight excluding hydrogens is 369 g/mol. The highest BCUT2D eigenvalue weighted by molar-refractivity contribution is 14.0. The first-order valence-electron chi connectivity index (χ1n) is 7.45. The molecule has 0 radical (unpaired) electrons. The molecule has 20 heavy (non-hydrogen) atoms. The van der Waals surface area contributed by atoms with Gasteiger partial charge in [0.05, 0.1) is 0 Å². The zero-order valence-electron chi connectivity index (χ0n) is 12.8. The minimum atomic E-state index is 0. The van der Waals surface area contributed by atoms with Crippen LogP contribution >= 0.6 is 24.0 Å². The topological polar surface area (TPSA) is 54.9 Å². The van der Waals surface area contributed by atoms with Crippen LogP contribution in [0.5, 0.6) is 0 Å². The van der Waals surface area contributed by atoms with Gasteiger partial charge in [-0.3, -0.25) is 4.99 Å². The maximum Gasteiger partial charge on any atom is 0.191 e. The maximum atomic E-state index is 5.60. The van der Waals surface area contributed by atoms with E-state index in [0.29, 0.717) is 0 Å². The summed E-state index contributed by atoms with van der Waals surface area (Å²) in [6.07, 6.45) is 4.70. The molecule has 0 atom stereocenters. The smallest absolute Gasteiger partial charge is 0.191 e. The summed E-state index contributed by atoms with van der Waals surface area (Å²) < 4.78 is 10.6. The Balaban J connectivity index is 0.00000361. The third-order valence-electron chi connectivity index (χ3n) is 2.93. The van der Waals surface area contributed by atoms with Gasteiger partial charge in [0, 0.05) is 46.6 Å². The molecule has 0 aliphatic heterocycles. The molecule has 5 nitrogen and oxygen atoms in total. The fourth-order valence-corrected chi connectivity index (χ4v) is 1.66. The number of guanidine groups is 1. The molecule has 0 unspecified atom stereocenters. The first-order valence-corrected chi connectivity index (χ1v) is 7.45. The van der Waals surface area contributed by atoms with Crippen LogP contribution in [0.4, 0.5) is 0 Å². The van der Waals surface area contributed by atoms with Crippen LogP contribution < -0.4 is 10.6 Å². The van der Waals surface area contributed by atoms with Gasteiger partial charge in [0.1, 0.15) is 0 Å². The second-order valence-corrected chi connectivity index (χ2v) is 4.91. The van der Waals surface area contributed by atoms with E-state index in [2.05, 4.69) is 22.5 Å². The van der Waals surface area contributed by atoms with Crippen molar-refractivity contribution in [3.05, 3.63) is 0 Å².